The molecule has 0 heterocycles. The second kappa shape index (κ2) is 7.90. The van der Waals surface area contributed by atoms with Gasteiger partial charge in [0, 0.05) is 19.5 Å². The van der Waals surface area contributed by atoms with Crippen molar-refractivity contribution in [3.05, 3.63) is 6.92 Å². The number of nitrogens with zero attached hydrogens (tertiary/aromatic N) is 1. The van der Waals surface area contributed by atoms with Crippen LogP contribution in [-0.4, -0.2) is 30.5 Å². The summed E-state index contributed by atoms with van der Waals surface area (Å²) in [6, 6.07) is 0. The highest BCUT2D eigenvalue weighted by Gasteiger charge is 2.04. The predicted octanol–water partition coefficient (Wildman–Crippen LogP) is 2.65. The van der Waals surface area contributed by atoms with Crippen LogP contribution in [0.3, 0.4) is 0 Å². The number of alkyl halides is 1. The molecule has 0 aliphatic carbocycles. The molecule has 0 amide bonds. The highest BCUT2D eigenvalue weighted by Crippen LogP contribution is 2.00. The maximum Gasteiger partial charge on any atom is 0.0925 e. The third-order valence-corrected chi connectivity index (χ3v) is 1.96. The zero-order valence-electron chi connectivity index (χ0n) is 8.48. The Morgan fingerprint density at radius 1 is 1.31 bits per heavy atom. The van der Waals surface area contributed by atoms with Gasteiger partial charge < -0.3 is 4.90 Å². The number of nitrogens with one attached hydrogen (secondary N) is 1. The number of hydrogen-bond donors (Lipinski definition) is 1. The summed E-state index contributed by atoms with van der Waals surface area (Å²) in [4.78, 5) is 1.99. The average Bonchev–Trinajstić information content (AvgIpc) is 2.10. The largest absolute Gasteiger partial charge is 0.361 e. The van der Waals surface area contributed by atoms with E-state index in [1.807, 2.05) is 4.90 Å². The maximum atomic E-state index is 11.8. The fourth-order valence-corrected chi connectivity index (χ4v) is 1.15. The first kappa shape index (κ1) is 12.3. The molecule has 0 saturated heterocycles. The van der Waals surface area contributed by atoms with Gasteiger partial charge in [-0.3, -0.25) is 9.80 Å². The lowest BCUT2D eigenvalue weighted by atomic mass is 10.2. The molecule has 13 heavy (non-hydrogen) atoms. The summed E-state index contributed by atoms with van der Waals surface area (Å²) in [7, 11) is 0. The molecule has 0 saturated carbocycles. The second-order valence-corrected chi connectivity index (χ2v) is 3.18. The quantitative estimate of drug-likeness (QED) is 0.282. The summed E-state index contributed by atoms with van der Waals surface area (Å²) >= 11 is 0. The van der Waals surface area contributed by atoms with Gasteiger partial charge in [-0.25, -0.2) is 0 Å². The van der Waals surface area contributed by atoms with E-state index in [4.69, 9.17) is 5.41 Å². The predicted molar refractivity (Wildman–Crippen MR) is 54.8 cm³/mol. The van der Waals surface area contributed by atoms with Gasteiger partial charge in [0.2, 0.25) is 0 Å². The Morgan fingerprint density at radius 2 is 1.92 bits per heavy atom. The molecule has 76 valence electrons. The van der Waals surface area contributed by atoms with Crippen LogP contribution in [0.15, 0.2) is 0 Å². The van der Waals surface area contributed by atoms with Gasteiger partial charge in [0.25, 0.3) is 0 Å². The van der Waals surface area contributed by atoms with Crippen LogP contribution in [0.25, 0.3) is 0 Å². The van der Waals surface area contributed by atoms with Crippen molar-refractivity contribution in [1.29, 1.82) is 5.41 Å². The molecule has 0 aromatic heterocycles. The monoisotopic (exact) mass is 187 g/mol. The van der Waals surface area contributed by atoms with E-state index in [0.29, 0.717) is 12.3 Å². The van der Waals surface area contributed by atoms with E-state index in [9.17, 15) is 4.39 Å². The Morgan fingerprint density at radius 3 is 2.38 bits per heavy atom. The SMILES string of the molecule is [CH2+]CCCN(CCCCF)C(C)=N. The molecule has 0 aliphatic heterocycles. The van der Waals surface area contributed by atoms with E-state index in [2.05, 4.69) is 6.92 Å². The van der Waals surface area contributed by atoms with Gasteiger partial charge in [-0.15, -0.1) is 0 Å². The number of hydrogen-bond acceptors (Lipinski definition) is 1. The van der Waals surface area contributed by atoms with E-state index in [-0.39, 0.29) is 6.67 Å². The van der Waals surface area contributed by atoms with Gasteiger partial charge in [0.15, 0.2) is 0 Å². The van der Waals surface area contributed by atoms with Crippen LogP contribution < -0.4 is 0 Å². The Bertz CT molecular complexity index is 137. The minimum absolute atomic E-state index is 0.250. The van der Waals surface area contributed by atoms with E-state index < -0.39 is 0 Å². The number of rotatable bonds is 7. The maximum absolute atomic E-state index is 11.8. The Labute approximate surface area is 80.6 Å². The summed E-state index contributed by atoms with van der Waals surface area (Å²) in [6.07, 6.45) is 3.34. The van der Waals surface area contributed by atoms with Crippen LogP contribution in [0.2, 0.25) is 0 Å². The van der Waals surface area contributed by atoms with Crippen LogP contribution in [0, 0.1) is 12.3 Å². The van der Waals surface area contributed by atoms with E-state index in [1.54, 1.807) is 6.92 Å². The zero-order valence-corrected chi connectivity index (χ0v) is 8.48. The van der Waals surface area contributed by atoms with Crippen molar-refractivity contribution >= 4 is 5.84 Å². The molecule has 0 fully saturated rings. The Kier molecular flexibility index (Phi) is 7.45. The van der Waals surface area contributed by atoms with Crippen molar-refractivity contribution < 1.29 is 4.39 Å². The van der Waals surface area contributed by atoms with Crippen molar-refractivity contribution in [2.24, 2.45) is 0 Å². The van der Waals surface area contributed by atoms with Crippen molar-refractivity contribution in [3.8, 4) is 0 Å². The number of amidine groups is 1. The summed E-state index contributed by atoms with van der Waals surface area (Å²) in [6.45, 7) is 6.97. The first-order chi connectivity index (χ1) is 6.22. The molecule has 0 spiro atoms. The average molecular weight is 187 g/mol. The van der Waals surface area contributed by atoms with Gasteiger partial charge in [-0.1, -0.05) is 0 Å². The van der Waals surface area contributed by atoms with Crippen molar-refractivity contribution in [2.45, 2.75) is 32.6 Å². The zero-order chi connectivity index (χ0) is 10.1. The van der Waals surface area contributed by atoms with E-state index in [1.165, 1.54) is 0 Å². The Hall–Kier alpha value is -0.730. The van der Waals surface area contributed by atoms with Crippen LogP contribution in [0.4, 0.5) is 4.39 Å². The smallest absolute Gasteiger partial charge is 0.0925 e. The Balaban J connectivity index is 3.61. The third-order valence-electron chi connectivity index (χ3n) is 1.96. The summed E-state index contributed by atoms with van der Waals surface area (Å²) in [5.74, 6) is 0.576. The van der Waals surface area contributed by atoms with Crippen molar-refractivity contribution in [1.82, 2.24) is 4.90 Å². The van der Waals surface area contributed by atoms with Crippen LogP contribution >= 0.6 is 0 Å². The second-order valence-electron chi connectivity index (χ2n) is 3.18. The standard InChI is InChI=1S/C10H20FN2/c1-3-4-8-13(10(2)12)9-6-5-7-11/h12H,1,3-9H2,2H3/q+1. The lowest BCUT2D eigenvalue weighted by Crippen LogP contribution is -2.30. The fraction of sp³-hybridized carbons (Fsp3) is 0.800. The minimum atomic E-state index is -0.250. The first-order valence-electron chi connectivity index (χ1n) is 4.87. The lowest BCUT2D eigenvalue weighted by molar-refractivity contribution is 0.373. The molecular formula is C10H20FN2+. The number of unbranched alkanes of at least 4 members (excludes halogenated alkanes) is 2. The minimum Gasteiger partial charge on any atom is -0.361 e. The van der Waals surface area contributed by atoms with Crippen LogP contribution in [0.1, 0.15) is 32.6 Å². The third kappa shape index (κ3) is 6.43. The van der Waals surface area contributed by atoms with Crippen molar-refractivity contribution in [3.63, 3.8) is 0 Å². The van der Waals surface area contributed by atoms with Gasteiger partial charge in [-0.2, -0.15) is 0 Å². The fourth-order valence-electron chi connectivity index (χ4n) is 1.15. The van der Waals surface area contributed by atoms with Gasteiger partial charge in [0.1, 0.15) is 0 Å². The summed E-state index contributed by atoms with van der Waals surface area (Å²) in [5.41, 5.74) is 0. The molecule has 1 N–H and O–H groups in total. The molecule has 0 aliphatic rings. The highest BCUT2D eigenvalue weighted by atomic mass is 19.1. The molecule has 0 bridgehead atoms. The van der Waals surface area contributed by atoms with Crippen LogP contribution in [-0.2, 0) is 0 Å². The van der Waals surface area contributed by atoms with Crippen molar-refractivity contribution in [2.75, 3.05) is 19.8 Å². The van der Waals surface area contributed by atoms with E-state index >= 15 is 0 Å². The van der Waals surface area contributed by atoms with Gasteiger partial charge in [-0.05, 0) is 19.8 Å². The highest BCUT2D eigenvalue weighted by molar-refractivity contribution is 5.76. The number of halogens is 1. The molecule has 0 aromatic rings. The molecule has 0 rings (SSSR count). The molecule has 3 heteroatoms. The lowest BCUT2D eigenvalue weighted by Gasteiger charge is -2.22. The van der Waals surface area contributed by atoms with E-state index in [0.717, 1.165) is 32.4 Å². The van der Waals surface area contributed by atoms with Gasteiger partial charge >= 0.3 is 0 Å². The summed E-state index contributed by atoms with van der Waals surface area (Å²) < 4.78 is 11.8. The summed E-state index contributed by atoms with van der Waals surface area (Å²) in [5, 5.41) is 7.48. The molecule has 0 radical (unpaired) electrons. The molecule has 0 atom stereocenters. The van der Waals surface area contributed by atoms with Crippen LogP contribution in [0.5, 0.6) is 0 Å². The normalized spacial score (nSPS) is 10.0. The molecular weight excluding hydrogens is 167 g/mol. The molecule has 0 aromatic carbocycles. The topological polar surface area (TPSA) is 27.1 Å². The van der Waals surface area contributed by atoms with Gasteiger partial charge in [0.05, 0.1) is 25.9 Å². The molecule has 0 unspecified atom stereocenters. The first-order valence-corrected chi connectivity index (χ1v) is 4.87. The molecule has 2 nitrogen and oxygen atoms in total.